The molecule has 0 bridgehead atoms. The van der Waals surface area contributed by atoms with Crippen molar-refractivity contribution in [2.45, 2.75) is 20.0 Å². The highest BCUT2D eigenvalue weighted by molar-refractivity contribution is 7.92. The molecule has 0 atom stereocenters. The van der Waals surface area contributed by atoms with Crippen LogP contribution in [0.25, 0.3) is 0 Å². The average molecular weight is 427 g/mol. The number of anilines is 1. The van der Waals surface area contributed by atoms with E-state index in [9.17, 15) is 17.6 Å². The molecule has 3 aromatic rings. The molecule has 5 nitrogen and oxygen atoms in total. The minimum absolute atomic E-state index is 0.0675. The zero-order valence-electron chi connectivity index (χ0n) is 16.8. The van der Waals surface area contributed by atoms with Crippen molar-refractivity contribution in [3.05, 3.63) is 101 Å². The van der Waals surface area contributed by atoms with Gasteiger partial charge in [-0.25, -0.2) is 12.8 Å². The second-order valence-corrected chi connectivity index (χ2v) is 9.02. The quantitative estimate of drug-likeness (QED) is 0.620. The predicted octanol–water partition coefficient (Wildman–Crippen LogP) is 4.03. The van der Waals surface area contributed by atoms with Gasteiger partial charge in [-0.05, 0) is 54.4 Å². The average Bonchev–Trinajstić information content (AvgIpc) is 2.72. The molecule has 0 fully saturated rings. The van der Waals surface area contributed by atoms with Gasteiger partial charge in [-0.2, -0.15) is 0 Å². The highest BCUT2D eigenvalue weighted by Gasteiger charge is 2.18. The fourth-order valence-electron chi connectivity index (χ4n) is 2.93. The van der Waals surface area contributed by atoms with Crippen LogP contribution in [0.3, 0.4) is 0 Å². The SMILES string of the molecule is Cc1ccc(CNC(=O)c2ccc(N(Cc3ccc(F)cc3)S(C)(=O)=O)cc2)cc1. The first-order valence-electron chi connectivity index (χ1n) is 9.38. The Morgan fingerprint density at radius 1 is 0.900 bits per heavy atom. The molecular weight excluding hydrogens is 403 g/mol. The van der Waals surface area contributed by atoms with Crippen LogP contribution in [0.5, 0.6) is 0 Å². The van der Waals surface area contributed by atoms with Crippen molar-refractivity contribution in [2.24, 2.45) is 0 Å². The third-order valence-electron chi connectivity index (χ3n) is 4.63. The number of sulfonamides is 1. The molecule has 0 aromatic heterocycles. The first-order valence-corrected chi connectivity index (χ1v) is 11.2. The molecule has 0 aliphatic rings. The molecule has 0 unspecified atom stereocenters. The third-order valence-corrected chi connectivity index (χ3v) is 5.77. The van der Waals surface area contributed by atoms with E-state index in [1.165, 1.54) is 16.4 Å². The van der Waals surface area contributed by atoms with E-state index in [-0.39, 0.29) is 18.3 Å². The van der Waals surface area contributed by atoms with E-state index >= 15 is 0 Å². The van der Waals surface area contributed by atoms with E-state index in [2.05, 4.69) is 5.32 Å². The van der Waals surface area contributed by atoms with Crippen molar-refractivity contribution in [1.82, 2.24) is 5.32 Å². The van der Waals surface area contributed by atoms with Crippen molar-refractivity contribution in [3.8, 4) is 0 Å². The lowest BCUT2D eigenvalue weighted by molar-refractivity contribution is 0.0951. The van der Waals surface area contributed by atoms with Gasteiger partial charge in [0.1, 0.15) is 5.82 Å². The number of benzene rings is 3. The topological polar surface area (TPSA) is 66.5 Å². The number of amides is 1. The summed E-state index contributed by atoms with van der Waals surface area (Å²) in [4.78, 5) is 12.4. The number of nitrogens with zero attached hydrogens (tertiary/aromatic N) is 1. The maximum Gasteiger partial charge on any atom is 0.251 e. The van der Waals surface area contributed by atoms with Crippen molar-refractivity contribution >= 4 is 21.6 Å². The molecule has 3 rings (SSSR count). The second kappa shape index (κ2) is 9.09. The Morgan fingerprint density at radius 3 is 2.03 bits per heavy atom. The summed E-state index contributed by atoms with van der Waals surface area (Å²) in [6.45, 7) is 2.47. The summed E-state index contributed by atoms with van der Waals surface area (Å²) in [5.74, 6) is -0.628. The summed E-state index contributed by atoms with van der Waals surface area (Å²) in [6.07, 6.45) is 1.11. The number of halogens is 1. The fourth-order valence-corrected chi connectivity index (χ4v) is 3.81. The summed E-state index contributed by atoms with van der Waals surface area (Å²) in [7, 11) is -3.57. The van der Waals surface area contributed by atoms with Crippen LogP contribution in [0.4, 0.5) is 10.1 Å². The lowest BCUT2D eigenvalue weighted by atomic mass is 10.1. The van der Waals surface area contributed by atoms with Gasteiger partial charge in [0.25, 0.3) is 5.91 Å². The number of hydrogen-bond donors (Lipinski definition) is 1. The van der Waals surface area contributed by atoms with Gasteiger partial charge in [0.15, 0.2) is 0 Å². The Bertz CT molecular complexity index is 1110. The van der Waals surface area contributed by atoms with Gasteiger partial charge in [0.05, 0.1) is 18.5 Å². The molecule has 0 saturated carbocycles. The predicted molar refractivity (Wildman–Crippen MR) is 116 cm³/mol. The number of hydrogen-bond acceptors (Lipinski definition) is 3. The molecule has 0 saturated heterocycles. The fraction of sp³-hybridized carbons (Fsp3) is 0.174. The Balaban J connectivity index is 1.71. The van der Waals surface area contributed by atoms with Gasteiger partial charge in [0.2, 0.25) is 10.0 Å². The zero-order chi connectivity index (χ0) is 21.7. The molecule has 0 aliphatic heterocycles. The first-order chi connectivity index (χ1) is 14.2. The Labute approximate surface area is 176 Å². The van der Waals surface area contributed by atoms with Crippen LogP contribution in [0.2, 0.25) is 0 Å². The van der Waals surface area contributed by atoms with Gasteiger partial charge in [-0.15, -0.1) is 0 Å². The number of carbonyl (C=O) groups excluding carboxylic acids is 1. The van der Waals surface area contributed by atoms with Crippen molar-refractivity contribution < 1.29 is 17.6 Å². The molecular formula is C23H23FN2O3S. The summed E-state index contributed by atoms with van der Waals surface area (Å²) >= 11 is 0. The monoisotopic (exact) mass is 426 g/mol. The van der Waals surface area contributed by atoms with Gasteiger partial charge in [-0.3, -0.25) is 9.10 Å². The summed E-state index contributed by atoms with van der Waals surface area (Å²) in [5, 5.41) is 2.85. The number of aryl methyl sites for hydroxylation is 1. The minimum Gasteiger partial charge on any atom is -0.348 e. The maximum absolute atomic E-state index is 13.1. The highest BCUT2D eigenvalue weighted by Crippen LogP contribution is 2.21. The standard InChI is InChI=1S/C23H23FN2O3S/c1-17-3-5-18(6-4-17)15-25-23(27)20-9-13-22(14-10-20)26(30(2,28)29)16-19-7-11-21(24)12-8-19/h3-14H,15-16H2,1-2H3,(H,25,27). The molecule has 1 amide bonds. The molecule has 7 heteroatoms. The van der Waals surface area contributed by atoms with Crippen LogP contribution in [0.1, 0.15) is 27.0 Å². The van der Waals surface area contributed by atoms with Crippen LogP contribution < -0.4 is 9.62 Å². The van der Waals surface area contributed by atoms with E-state index in [1.807, 2.05) is 31.2 Å². The molecule has 3 aromatic carbocycles. The van der Waals surface area contributed by atoms with Crippen molar-refractivity contribution in [2.75, 3.05) is 10.6 Å². The van der Waals surface area contributed by atoms with E-state index in [0.717, 1.165) is 17.4 Å². The van der Waals surface area contributed by atoms with Crippen molar-refractivity contribution in [1.29, 1.82) is 0 Å². The van der Waals surface area contributed by atoms with Crippen LogP contribution >= 0.6 is 0 Å². The molecule has 0 aliphatic carbocycles. The van der Waals surface area contributed by atoms with E-state index < -0.39 is 10.0 Å². The number of carbonyl (C=O) groups is 1. The van der Waals surface area contributed by atoms with E-state index in [0.29, 0.717) is 23.4 Å². The van der Waals surface area contributed by atoms with Gasteiger partial charge >= 0.3 is 0 Å². The molecule has 0 spiro atoms. The highest BCUT2D eigenvalue weighted by atomic mass is 32.2. The lowest BCUT2D eigenvalue weighted by Crippen LogP contribution is -2.29. The minimum atomic E-state index is -3.57. The summed E-state index contributed by atoms with van der Waals surface area (Å²) < 4.78 is 38.9. The van der Waals surface area contributed by atoms with Crippen LogP contribution in [0.15, 0.2) is 72.8 Å². The molecule has 0 radical (unpaired) electrons. The lowest BCUT2D eigenvalue weighted by Gasteiger charge is -2.22. The number of rotatable bonds is 7. The third kappa shape index (κ3) is 5.67. The maximum atomic E-state index is 13.1. The van der Waals surface area contributed by atoms with Gasteiger partial charge in [-0.1, -0.05) is 42.0 Å². The van der Waals surface area contributed by atoms with Gasteiger partial charge < -0.3 is 5.32 Å². The van der Waals surface area contributed by atoms with E-state index in [4.69, 9.17) is 0 Å². The van der Waals surface area contributed by atoms with Crippen molar-refractivity contribution in [3.63, 3.8) is 0 Å². The molecule has 30 heavy (non-hydrogen) atoms. The summed E-state index contributed by atoms with van der Waals surface area (Å²) in [5.41, 5.74) is 3.66. The van der Waals surface area contributed by atoms with Gasteiger partial charge in [0, 0.05) is 12.1 Å². The number of nitrogens with one attached hydrogen (secondary N) is 1. The van der Waals surface area contributed by atoms with Crippen LogP contribution in [-0.4, -0.2) is 20.6 Å². The van der Waals surface area contributed by atoms with Crippen LogP contribution in [0, 0.1) is 12.7 Å². The Hall–Kier alpha value is -3.19. The zero-order valence-corrected chi connectivity index (χ0v) is 17.6. The summed E-state index contributed by atoms with van der Waals surface area (Å²) in [6, 6.07) is 19.9. The largest absolute Gasteiger partial charge is 0.348 e. The normalized spacial score (nSPS) is 11.2. The smallest absolute Gasteiger partial charge is 0.251 e. The first kappa shape index (κ1) is 21.5. The molecule has 1 N–H and O–H groups in total. The molecule has 156 valence electrons. The second-order valence-electron chi connectivity index (χ2n) is 7.11. The Kier molecular flexibility index (Phi) is 6.52. The Morgan fingerprint density at radius 2 is 1.47 bits per heavy atom. The molecule has 0 heterocycles. The van der Waals surface area contributed by atoms with Crippen LogP contribution in [-0.2, 0) is 23.1 Å². The van der Waals surface area contributed by atoms with E-state index in [1.54, 1.807) is 36.4 Å².